The molecule has 0 bridgehead atoms. The summed E-state index contributed by atoms with van der Waals surface area (Å²) in [7, 11) is 0. The smallest absolute Gasteiger partial charge is 0.0440 e. The van der Waals surface area contributed by atoms with Gasteiger partial charge in [-0.25, -0.2) is 0 Å². The van der Waals surface area contributed by atoms with Crippen LogP contribution in [0.4, 0.5) is 0 Å². The molecule has 0 rings (SSSR count). The van der Waals surface area contributed by atoms with Gasteiger partial charge in [-0.2, -0.15) is 0 Å². The highest BCUT2D eigenvalue weighted by Crippen LogP contribution is 2.21. The first-order chi connectivity index (χ1) is 6.20. The molecule has 0 aromatic carbocycles. The molecule has 0 nitrogen and oxygen atoms in total. The first-order valence-electron chi connectivity index (χ1n) is 6.20. The molecule has 0 heteroatoms. The van der Waals surface area contributed by atoms with Gasteiger partial charge in [0.25, 0.3) is 0 Å². The van der Waals surface area contributed by atoms with E-state index in [0.29, 0.717) is 0 Å². The van der Waals surface area contributed by atoms with Crippen LogP contribution >= 0.6 is 0 Å². The van der Waals surface area contributed by atoms with E-state index in [1.165, 1.54) is 44.9 Å². The number of hydrogen-bond donors (Lipinski definition) is 0. The van der Waals surface area contributed by atoms with E-state index in [1.54, 1.807) is 0 Å². The van der Waals surface area contributed by atoms with Gasteiger partial charge >= 0.3 is 0 Å². The van der Waals surface area contributed by atoms with E-state index in [1.807, 2.05) is 0 Å². The van der Waals surface area contributed by atoms with E-state index in [-0.39, 0.29) is 0 Å². The molecule has 80 valence electrons. The molecular formula is C13H28. The molecule has 0 spiro atoms. The Morgan fingerprint density at radius 2 is 1.15 bits per heavy atom. The van der Waals surface area contributed by atoms with E-state index in [2.05, 4.69) is 27.7 Å². The summed E-state index contributed by atoms with van der Waals surface area (Å²) in [5, 5.41) is 0. The summed E-state index contributed by atoms with van der Waals surface area (Å²) >= 11 is 0. The van der Waals surface area contributed by atoms with Crippen LogP contribution in [-0.4, -0.2) is 0 Å². The normalized spacial score (nSPS) is 15.7. The lowest BCUT2D eigenvalue weighted by atomic mass is 9.90. The quantitative estimate of drug-likeness (QED) is 0.496. The van der Waals surface area contributed by atoms with Crippen molar-refractivity contribution in [3.63, 3.8) is 0 Å². The summed E-state index contributed by atoms with van der Waals surface area (Å²) in [5.41, 5.74) is 0. The summed E-state index contributed by atoms with van der Waals surface area (Å²) in [6.07, 6.45) is 9.87. The van der Waals surface area contributed by atoms with Crippen LogP contribution in [0.3, 0.4) is 0 Å². The molecule has 0 amide bonds. The van der Waals surface area contributed by atoms with Crippen molar-refractivity contribution < 1.29 is 0 Å². The van der Waals surface area contributed by atoms with Gasteiger partial charge in [-0.15, -0.1) is 0 Å². The monoisotopic (exact) mass is 184 g/mol. The topological polar surface area (TPSA) is 0 Å². The highest BCUT2D eigenvalue weighted by molar-refractivity contribution is 4.59. The highest BCUT2D eigenvalue weighted by atomic mass is 14.1. The number of hydrogen-bond acceptors (Lipinski definition) is 0. The van der Waals surface area contributed by atoms with Crippen LogP contribution in [0.2, 0.25) is 0 Å². The van der Waals surface area contributed by atoms with E-state index in [9.17, 15) is 0 Å². The van der Waals surface area contributed by atoms with Gasteiger partial charge in [0.15, 0.2) is 0 Å². The first-order valence-corrected chi connectivity index (χ1v) is 6.20. The lowest BCUT2D eigenvalue weighted by Gasteiger charge is -2.16. The summed E-state index contributed by atoms with van der Waals surface area (Å²) < 4.78 is 0. The van der Waals surface area contributed by atoms with Crippen LogP contribution < -0.4 is 0 Å². The van der Waals surface area contributed by atoms with E-state index in [4.69, 9.17) is 0 Å². The molecular weight excluding hydrogens is 156 g/mol. The fraction of sp³-hybridized carbons (Fsp3) is 1.00. The Kier molecular flexibility index (Phi) is 8.59. The standard InChI is InChI=1S/C13H28/c1-5-7-9-12(3)11-13(4)10-8-6-2/h12-13H,5-11H2,1-4H3/t12-,13+. The molecule has 0 aliphatic carbocycles. The third kappa shape index (κ3) is 8.33. The fourth-order valence-electron chi connectivity index (χ4n) is 2.03. The van der Waals surface area contributed by atoms with Gasteiger partial charge < -0.3 is 0 Å². The second-order valence-electron chi connectivity index (χ2n) is 4.73. The molecule has 0 saturated carbocycles. The Hall–Kier alpha value is 0. The zero-order chi connectivity index (χ0) is 10.1. The van der Waals surface area contributed by atoms with Gasteiger partial charge in [0, 0.05) is 0 Å². The minimum absolute atomic E-state index is 0.951. The molecule has 13 heavy (non-hydrogen) atoms. The van der Waals surface area contributed by atoms with Crippen LogP contribution in [0.25, 0.3) is 0 Å². The minimum Gasteiger partial charge on any atom is -0.0654 e. The molecule has 0 fully saturated rings. The Morgan fingerprint density at radius 3 is 1.46 bits per heavy atom. The maximum Gasteiger partial charge on any atom is -0.0440 e. The molecule has 0 aliphatic heterocycles. The first kappa shape index (κ1) is 13.0. The van der Waals surface area contributed by atoms with Crippen LogP contribution in [0.5, 0.6) is 0 Å². The number of unbranched alkanes of at least 4 members (excludes halogenated alkanes) is 2. The molecule has 0 unspecified atom stereocenters. The SMILES string of the molecule is CCCC[C@@H](C)C[C@@H](C)CCCC. The largest absolute Gasteiger partial charge is 0.0654 e. The van der Waals surface area contributed by atoms with Crippen LogP contribution in [0, 0.1) is 11.8 Å². The molecule has 0 aliphatic rings. The van der Waals surface area contributed by atoms with Crippen molar-refractivity contribution in [2.24, 2.45) is 11.8 Å². The summed E-state index contributed by atoms with van der Waals surface area (Å²) in [6, 6.07) is 0. The van der Waals surface area contributed by atoms with Gasteiger partial charge in [-0.1, -0.05) is 66.2 Å². The summed E-state index contributed by atoms with van der Waals surface area (Å²) in [5.74, 6) is 1.90. The third-order valence-corrected chi connectivity index (χ3v) is 2.91. The van der Waals surface area contributed by atoms with Gasteiger partial charge in [0.1, 0.15) is 0 Å². The fourth-order valence-corrected chi connectivity index (χ4v) is 2.03. The molecule has 0 aromatic heterocycles. The number of rotatable bonds is 8. The van der Waals surface area contributed by atoms with E-state index in [0.717, 1.165) is 11.8 Å². The van der Waals surface area contributed by atoms with E-state index >= 15 is 0 Å². The van der Waals surface area contributed by atoms with Crippen LogP contribution in [0.1, 0.15) is 72.6 Å². The molecule has 0 aromatic rings. The second-order valence-corrected chi connectivity index (χ2v) is 4.73. The van der Waals surface area contributed by atoms with Crippen LogP contribution in [-0.2, 0) is 0 Å². The van der Waals surface area contributed by atoms with Crippen molar-refractivity contribution in [2.75, 3.05) is 0 Å². The predicted octanol–water partition coefficient (Wildman–Crippen LogP) is 5.03. The molecule has 0 heterocycles. The van der Waals surface area contributed by atoms with Crippen LogP contribution in [0.15, 0.2) is 0 Å². The second kappa shape index (κ2) is 8.59. The third-order valence-electron chi connectivity index (χ3n) is 2.91. The van der Waals surface area contributed by atoms with Gasteiger partial charge in [0.2, 0.25) is 0 Å². The Morgan fingerprint density at radius 1 is 0.769 bits per heavy atom. The van der Waals surface area contributed by atoms with Gasteiger partial charge in [-0.05, 0) is 18.3 Å². The van der Waals surface area contributed by atoms with Gasteiger partial charge in [0.05, 0.1) is 0 Å². The van der Waals surface area contributed by atoms with Crippen molar-refractivity contribution >= 4 is 0 Å². The highest BCUT2D eigenvalue weighted by Gasteiger charge is 2.07. The molecule has 0 saturated heterocycles. The van der Waals surface area contributed by atoms with Crippen molar-refractivity contribution in [3.05, 3.63) is 0 Å². The zero-order valence-corrected chi connectivity index (χ0v) is 10.1. The molecule has 0 N–H and O–H groups in total. The Bertz CT molecular complexity index is 84.2. The molecule has 0 radical (unpaired) electrons. The maximum atomic E-state index is 2.41. The molecule has 2 atom stereocenters. The minimum atomic E-state index is 0.951. The average Bonchev–Trinajstić information content (AvgIpc) is 2.11. The van der Waals surface area contributed by atoms with E-state index < -0.39 is 0 Å². The lowest BCUT2D eigenvalue weighted by molar-refractivity contribution is 0.363. The average molecular weight is 184 g/mol. The Labute approximate surface area is 85.1 Å². The van der Waals surface area contributed by atoms with Crippen molar-refractivity contribution in [2.45, 2.75) is 72.6 Å². The summed E-state index contributed by atoms with van der Waals surface area (Å²) in [6.45, 7) is 9.40. The zero-order valence-electron chi connectivity index (χ0n) is 10.1. The maximum absolute atomic E-state index is 2.41. The van der Waals surface area contributed by atoms with Crippen molar-refractivity contribution in [1.29, 1.82) is 0 Å². The van der Waals surface area contributed by atoms with Crippen molar-refractivity contribution in [3.8, 4) is 0 Å². The lowest BCUT2D eigenvalue weighted by Crippen LogP contribution is -2.03. The summed E-state index contributed by atoms with van der Waals surface area (Å²) in [4.78, 5) is 0. The van der Waals surface area contributed by atoms with Crippen molar-refractivity contribution in [1.82, 2.24) is 0 Å². The Balaban J connectivity index is 3.35. The predicted molar refractivity (Wildman–Crippen MR) is 62.0 cm³/mol. The van der Waals surface area contributed by atoms with Gasteiger partial charge in [-0.3, -0.25) is 0 Å².